The van der Waals surface area contributed by atoms with Crippen molar-refractivity contribution in [2.24, 2.45) is 0 Å². The Balaban J connectivity index is 2.02. The van der Waals surface area contributed by atoms with E-state index in [1.165, 1.54) is 47.4 Å². The lowest BCUT2D eigenvalue weighted by Gasteiger charge is -2.33. The molecule has 0 bridgehead atoms. The Kier molecular flexibility index (Phi) is 10.6. The lowest BCUT2D eigenvalue weighted by Crippen LogP contribution is -2.53. The maximum absolute atomic E-state index is 14.0. The molecule has 7 nitrogen and oxygen atoms in total. The largest absolute Gasteiger partial charge is 0.354 e. The Morgan fingerprint density at radius 2 is 1.59 bits per heavy atom. The molecule has 2 amide bonds. The summed E-state index contributed by atoms with van der Waals surface area (Å²) in [5.74, 6) is -2.17. The summed E-state index contributed by atoms with van der Waals surface area (Å²) < 4.78 is 53.7. The third-order valence-electron chi connectivity index (χ3n) is 6.14. The average Bonchev–Trinajstić information content (AvgIpc) is 2.90. The van der Waals surface area contributed by atoms with Crippen LogP contribution in [0, 0.1) is 11.6 Å². The van der Waals surface area contributed by atoms with Gasteiger partial charge >= 0.3 is 0 Å². The van der Waals surface area contributed by atoms with Gasteiger partial charge in [0.1, 0.15) is 24.2 Å². The van der Waals surface area contributed by atoms with Gasteiger partial charge in [-0.3, -0.25) is 13.9 Å². The predicted octanol–water partition coefficient (Wildman–Crippen LogP) is 4.29. The second kappa shape index (κ2) is 13.8. The van der Waals surface area contributed by atoms with Crippen LogP contribution in [-0.2, 0) is 32.6 Å². The van der Waals surface area contributed by atoms with Crippen LogP contribution in [0.3, 0.4) is 0 Å². The zero-order valence-electron chi connectivity index (χ0n) is 22.0. The molecule has 0 unspecified atom stereocenters. The van der Waals surface area contributed by atoms with Crippen molar-refractivity contribution < 1.29 is 26.8 Å². The number of nitrogens with zero attached hydrogens (tertiary/aromatic N) is 2. The van der Waals surface area contributed by atoms with Crippen LogP contribution in [0.25, 0.3) is 0 Å². The number of carbonyl (C=O) groups excluding carboxylic acids is 2. The minimum absolute atomic E-state index is 0.0143. The number of carbonyl (C=O) groups is 2. The summed E-state index contributed by atoms with van der Waals surface area (Å²) in [5, 5.41) is 2.88. The normalized spacial score (nSPS) is 12.0. The zero-order chi connectivity index (χ0) is 28.4. The van der Waals surface area contributed by atoms with Gasteiger partial charge in [0.2, 0.25) is 21.8 Å². The van der Waals surface area contributed by atoms with E-state index in [-0.39, 0.29) is 24.6 Å². The monoisotopic (exact) mass is 557 g/mol. The van der Waals surface area contributed by atoms with Gasteiger partial charge in [0.15, 0.2) is 0 Å². The van der Waals surface area contributed by atoms with Crippen LogP contribution in [-0.4, -0.2) is 50.5 Å². The van der Waals surface area contributed by atoms with Crippen molar-refractivity contribution in [3.63, 3.8) is 0 Å². The molecule has 0 saturated heterocycles. The third kappa shape index (κ3) is 8.88. The van der Waals surface area contributed by atoms with Gasteiger partial charge in [0, 0.05) is 19.5 Å². The van der Waals surface area contributed by atoms with Gasteiger partial charge in [-0.05, 0) is 47.9 Å². The summed E-state index contributed by atoms with van der Waals surface area (Å²) in [6, 6.07) is 18.6. The standard InChI is InChI=1S/C29H33F2N3O4S/c1-3-4-17-32-29(36)27(18-22-9-6-5-7-10-22)33(20-23-13-15-24(30)16-14-23)28(35)21-34(39(2,37)38)26-12-8-11-25(31)19-26/h5-16,19,27H,3-4,17-18,20-21H2,1-2H3,(H,32,36)/t27-/m0/s1. The quantitative estimate of drug-likeness (QED) is 0.318. The number of halogens is 2. The zero-order valence-corrected chi connectivity index (χ0v) is 22.8. The molecule has 0 radical (unpaired) electrons. The summed E-state index contributed by atoms with van der Waals surface area (Å²) >= 11 is 0. The predicted molar refractivity (Wildman–Crippen MR) is 147 cm³/mol. The first kappa shape index (κ1) is 29.8. The first-order chi connectivity index (χ1) is 18.6. The molecule has 39 heavy (non-hydrogen) atoms. The Hall–Kier alpha value is -3.79. The topological polar surface area (TPSA) is 86.8 Å². The summed E-state index contributed by atoms with van der Waals surface area (Å²) in [7, 11) is -4.00. The highest BCUT2D eigenvalue weighted by Gasteiger charge is 2.33. The summed E-state index contributed by atoms with van der Waals surface area (Å²) in [4.78, 5) is 28.6. The number of nitrogens with one attached hydrogen (secondary N) is 1. The van der Waals surface area contributed by atoms with Gasteiger partial charge < -0.3 is 10.2 Å². The fourth-order valence-electron chi connectivity index (χ4n) is 4.09. The molecule has 1 N–H and O–H groups in total. The van der Waals surface area contributed by atoms with Crippen LogP contribution in [0.4, 0.5) is 14.5 Å². The Bertz CT molecular complexity index is 1350. The number of anilines is 1. The van der Waals surface area contributed by atoms with E-state index in [0.29, 0.717) is 12.1 Å². The highest BCUT2D eigenvalue weighted by Crippen LogP contribution is 2.21. The maximum atomic E-state index is 14.0. The molecule has 0 aliphatic carbocycles. The molecule has 0 heterocycles. The van der Waals surface area contributed by atoms with Crippen molar-refractivity contribution in [2.75, 3.05) is 23.7 Å². The Labute approximate surface area is 228 Å². The highest BCUT2D eigenvalue weighted by atomic mass is 32.2. The second-order valence-corrected chi connectivity index (χ2v) is 11.2. The van der Waals surface area contributed by atoms with Gasteiger partial charge in [-0.1, -0.05) is 61.9 Å². The van der Waals surface area contributed by atoms with E-state index < -0.39 is 40.2 Å². The SMILES string of the molecule is CCCCNC(=O)[C@H](Cc1ccccc1)N(Cc1ccc(F)cc1)C(=O)CN(c1cccc(F)c1)S(C)(=O)=O. The van der Waals surface area contributed by atoms with Crippen molar-refractivity contribution in [3.05, 3.63) is 102 Å². The average molecular weight is 558 g/mol. The molecule has 0 spiro atoms. The van der Waals surface area contributed by atoms with Gasteiger partial charge in [0.25, 0.3) is 0 Å². The molecular weight excluding hydrogens is 524 g/mol. The summed E-state index contributed by atoms with van der Waals surface area (Å²) in [6.07, 6.45) is 2.70. The maximum Gasteiger partial charge on any atom is 0.244 e. The number of benzene rings is 3. The van der Waals surface area contributed by atoms with Crippen molar-refractivity contribution in [1.82, 2.24) is 10.2 Å². The minimum atomic E-state index is -4.00. The van der Waals surface area contributed by atoms with Crippen LogP contribution in [0.5, 0.6) is 0 Å². The minimum Gasteiger partial charge on any atom is -0.354 e. The van der Waals surface area contributed by atoms with Crippen molar-refractivity contribution in [3.8, 4) is 0 Å². The second-order valence-electron chi connectivity index (χ2n) is 9.25. The van der Waals surface area contributed by atoms with E-state index in [2.05, 4.69) is 5.32 Å². The molecule has 208 valence electrons. The molecule has 0 aliphatic rings. The Morgan fingerprint density at radius 1 is 0.897 bits per heavy atom. The number of hydrogen-bond acceptors (Lipinski definition) is 4. The first-order valence-electron chi connectivity index (χ1n) is 12.7. The summed E-state index contributed by atoms with van der Waals surface area (Å²) in [6.45, 7) is 1.68. The van der Waals surface area contributed by atoms with Crippen LogP contribution in [0.1, 0.15) is 30.9 Å². The van der Waals surface area contributed by atoms with Crippen LogP contribution in [0.15, 0.2) is 78.9 Å². The van der Waals surface area contributed by atoms with Gasteiger partial charge in [-0.25, -0.2) is 17.2 Å². The highest BCUT2D eigenvalue weighted by molar-refractivity contribution is 7.92. The van der Waals surface area contributed by atoms with Crippen LogP contribution < -0.4 is 9.62 Å². The first-order valence-corrected chi connectivity index (χ1v) is 14.5. The van der Waals surface area contributed by atoms with E-state index >= 15 is 0 Å². The van der Waals surface area contributed by atoms with E-state index in [4.69, 9.17) is 0 Å². The molecule has 0 aromatic heterocycles. The molecule has 10 heteroatoms. The van der Waals surface area contributed by atoms with Gasteiger partial charge in [-0.2, -0.15) is 0 Å². The van der Waals surface area contributed by atoms with Crippen molar-refractivity contribution >= 4 is 27.5 Å². The number of sulfonamides is 1. The number of amides is 2. The number of unbranched alkanes of at least 4 members (excludes halogenated alkanes) is 1. The molecule has 0 aliphatic heterocycles. The number of hydrogen-bond donors (Lipinski definition) is 1. The van der Waals surface area contributed by atoms with E-state index in [9.17, 15) is 26.8 Å². The van der Waals surface area contributed by atoms with Crippen molar-refractivity contribution in [1.29, 1.82) is 0 Å². The van der Waals surface area contributed by atoms with Crippen LogP contribution >= 0.6 is 0 Å². The fourth-order valence-corrected chi connectivity index (χ4v) is 4.93. The molecule has 3 rings (SSSR count). The fraction of sp³-hybridized carbons (Fsp3) is 0.310. The molecule has 3 aromatic carbocycles. The van der Waals surface area contributed by atoms with Gasteiger partial charge in [0.05, 0.1) is 11.9 Å². The molecule has 0 fully saturated rings. The van der Waals surface area contributed by atoms with E-state index in [1.54, 1.807) is 0 Å². The van der Waals surface area contributed by atoms with Crippen molar-refractivity contribution in [2.45, 2.75) is 38.8 Å². The lowest BCUT2D eigenvalue weighted by atomic mass is 10.0. The number of rotatable bonds is 13. The van der Waals surface area contributed by atoms with E-state index in [1.807, 2.05) is 37.3 Å². The lowest BCUT2D eigenvalue weighted by molar-refractivity contribution is -0.140. The van der Waals surface area contributed by atoms with Crippen LogP contribution in [0.2, 0.25) is 0 Å². The summed E-state index contributed by atoms with van der Waals surface area (Å²) in [5.41, 5.74) is 1.34. The Morgan fingerprint density at radius 3 is 2.21 bits per heavy atom. The smallest absolute Gasteiger partial charge is 0.244 e. The van der Waals surface area contributed by atoms with E-state index in [0.717, 1.165) is 35.0 Å². The molecular formula is C29H33F2N3O4S. The molecule has 0 saturated carbocycles. The van der Waals surface area contributed by atoms with Gasteiger partial charge in [-0.15, -0.1) is 0 Å². The third-order valence-corrected chi connectivity index (χ3v) is 7.28. The molecule has 1 atom stereocenters. The molecule has 3 aromatic rings.